The maximum atomic E-state index is 5.38. The van der Waals surface area contributed by atoms with Crippen molar-refractivity contribution >= 4 is 5.96 Å². The summed E-state index contributed by atoms with van der Waals surface area (Å²) in [5.74, 6) is 3.73. The molecule has 0 aliphatic heterocycles. The van der Waals surface area contributed by atoms with Gasteiger partial charge in [0.05, 0.1) is 20.5 Å². The van der Waals surface area contributed by atoms with Gasteiger partial charge in [-0.05, 0) is 49.1 Å². The Hall–Kier alpha value is -2.63. The molecule has 2 rings (SSSR count). The Morgan fingerprint density at radius 1 is 1.15 bits per heavy atom. The zero-order valence-corrected chi connectivity index (χ0v) is 16.7. The molecule has 1 aromatic carbocycles. The third-order valence-corrected chi connectivity index (χ3v) is 4.18. The summed E-state index contributed by atoms with van der Waals surface area (Å²) in [4.78, 5) is 4.71. The van der Waals surface area contributed by atoms with Crippen molar-refractivity contribution < 1.29 is 13.9 Å². The van der Waals surface area contributed by atoms with Crippen molar-refractivity contribution in [2.75, 3.05) is 33.9 Å². The van der Waals surface area contributed by atoms with E-state index in [0.717, 1.165) is 55.7 Å². The number of hydrogen-bond acceptors (Lipinski definition) is 4. The number of nitrogens with zero attached hydrogens (tertiary/aromatic N) is 1. The van der Waals surface area contributed by atoms with E-state index < -0.39 is 0 Å². The summed E-state index contributed by atoms with van der Waals surface area (Å²) in [7, 11) is 3.31. The first-order chi connectivity index (χ1) is 13.2. The van der Waals surface area contributed by atoms with E-state index in [1.807, 2.05) is 24.3 Å². The quantitative estimate of drug-likeness (QED) is 0.494. The van der Waals surface area contributed by atoms with Gasteiger partial charge in [-0.3, -0.25) is 4.99 Å². The van der Waals surface area contributed by atoms with Crippen LogP contribution in [0.15, 0.2) is 46.0 Å². The number of hydrogen-bond donors (Lipinski definition) is 2. The summed E-state index contributed by atoms with van der Waals surface area (Å²) in [5.41, 5.74) is 1.21. The first kappa shape index (κ1) is 20.7. The lowest BCUT2D eigenvalue weighted by Crippen LogP contribution is -2.38. The van der Waals surface area contributed by atoms with Gasteiger partial charge in [0.1, 0.15) is 5.76 Å². The molecule has 0 amide bonds. The fourth-order valence-corrected chi connectivity index (χ4v) is 2.82. The van der Waals surface area contributed by atoms with Crippen LogP contribution in [0.1, 0.15) is 25.2 Å². The SMILES string of the molecule is CCNC(=NCC(C)Cc1ccc(OC)c(OC)c1)NCCc1ccco1. The standard InChI is InChI=1S/C21H31N3O3/c1-5-22-21(23-11-10-18-7-6-12-27-18)24-15-16(2)13-17-8-9-19(25-3)20(14-17)26-4/h6-9,12,14,16H,5,10-11,13,15H2,1-4H3,(H2,22,23,24). The van der Waals surface area contributed by atoms with Crippen molar-refractivity contribution in [3.8, 4) is 11.5 Å². The molecule has 0 spiro atoms. The highest BCUT2D eigenvalue weighted by Gasteiger charge is 2.09. The van der Waals surface area contributed by atoms with Crippen LogP contribution >= 0.6 is 0 Å². The molecule has 1 unspecified atom stereocenters. The topological polar surface area (TPSA) is 68.0 Å². The molecule has 6 nitrogen and oxygen atoms in total. The van der Waals surface area contributed by atoms with Crippen LogP contribution in [-0.4, -0.2) is 39.8 Å². The van der Waals surface area contributed by atoms with Crippen LogP contribution in [0.4, 0.5) is 0 Å². The molecule has 0 saturated carbocycles. The fourth-order valence-electron chi connectivity index (χ4n) is 2.82. The van der Waals surface area contributed by atoms with Crippen molar-refractivity contribution in [3.05, 3.63) is 47.9 Å². The Morgan fingerprint density at radius 3 is 2.63 bits per heavy atom. The molecule has 6 heteroatoms. The predicted octanol–water partition coefficient (Wildman–Crippen LogP) is 3.27. The molecule has 2 N–H and O–H groups in total. The van der Waals surface area contributed by atoms with Gasteiger partial charge in [0.15, 0.2) is 17.5 Å². The van der Waals surface area contributed by atoms with E-state index in [9.17, 15) is 0 Å². The third kappa shape index (κ3) is 6.89. The lowest BCUT2D eigenvalue weighted by atomic mass is 10.0. The molecule has 0 radical (unpaired) electrons. The minimum absolute atomic E-state index is 0.406. The van der Waals surface area contributed by atoms with Gasteiger partial charge in [0.2, 0.25) is 0 Å². The van der Waals surface area contributed by atoms with Gasteiger partial charge in [0, 0.05) is 26.1 Å². The molecule has 1 aromatic heterocycles. The molecule has 0 bridgehead atoms. The Morgan fingerprint density at radius 2 is 1.96 bits per heavy atom. The Bertz CT molecular complexity index is 699. The molecular weight excluding hydrogens is 342 g/mol. The molecule has 2 aromatic rings. The summed E-state index contributed by atoms with van der Waals surface area (Å²) >= 11 is 0. The lowest BCUT2D eigenvalue weighted by molar-refractivity contribution is 0.354. The number of rotatable bonds is 10. The van der Waals surface area contributed by atoms with Gasteiger partial charge in [-0.2, -0.15) is 0 Å². The minimum atomic E-state index is 0.406. The number of benzene rings is 1. The Labute approximate surface area is 162 Å². The summed E-state index contributed by atoms with van der Waals surface area (Å²) in [6.07, 6.45) is 3.46. The normalized spacial score (nSPS) is 12.5. The second-order valence-electron chi connectivity index (χ2n) is 6.47. The number of guanidine groups is 1. The highest BCUT2D eigenvalue weighted by atomic mass is 16.5. The van der Waals surface area contributed by atoms with Crippen LogP contribution in [0.5, 0.6) is 11.5 Å². The molecule has 0 aliphatic carbocycles. The third-order valence-electron chi connectivity index (χ3n) is 4.18. The van der Waals surface area contributed by atoms with Crippen LogP contribution < -0.4 is 20.1 Å². The molecule has 148 valence electrons. The molecule has 0 aliphatic rings. The molecule has 27 heavy (non-hydrogen) atoms. The van der Waals surface area contributed by atoms with Crippen LogP contribution in [-0.2, 0) is 12.8 Å². The lowest BCUT2D eigenvalue weighted by Gasteiger charge is -2.14. The van der Waals surface area contributed by atoms with Gasteiger partial charge >= 0.3 is 0 Å². The molecular formula is C21H31N3O3. The van der Waals surface area contributed by atoms with Gasteiger partial charge in [-0.1, -0.05) is 13.0 Å². The van der Waals surface area contributed by atoms with Crippen LogP contribution in [0, 0.1) is 5.92 Å². The Balaban J connectivity index is 1.86. The highest BCUT2D eigenvalue weighted by molar-refractivity contribution is 5.79. The fraction of sp³-hybridized carbons (Fsp3) is 0.476. The number of aliphatic imine (C=N–C) groups is 1. The van der Waals surface area contributed by atoms with Gasteiger partial charge in [0.25, 0.3) is 0 Å². The second-order valence-corrected chi connectivity index (χ2v) is 6.47. The molecule has 0 saturated heterocycles. The van der Waals surface area contributed by atoms with Gasteiger partial charge < -0.3 is 24.5 Å². The number of ether oxygens (including phenoxy) is 2. The first-order valence-electron chi connectivity index (χ1n) is 9.41. The number of methoxy groups -OCH3 is 2. The maximum absolute atomic E-state index is 5.38. The smallest absolute Gasteiger partial charge is 0.191 e. The maximum Gasteiger partial charge on any atom is 0.191 e. The summed E-state index contributed by atoms with van der Waals surface area (Å²) < 4.78 is 16.0. The predicted molar refractivity (Wildman–Crippen MR) is 109 cm³/mol. The van der Waals surface area contributed by atoms with E-state index in [2.05, 4.69) is 30.5 Å². The largest absolute Gasteiger partial charge is 0.493 e. The number of nitrogens with one attached hydrogen (secondary N) is 2. The summed E-state index contributed by atoms with van der Waals surface area (Å²) in [5, 5.41) is 6.64. The van der Waals surface area contributed by atoms with Crippen molar-refractivity contribution in [2.24, 2.45) is 10.9 Å². The van der Waals surface area contributed by atoms with E-state index in [1.165, 1.54) is 5.56 Å². The van der Waals surface area contributed by atoms with E-state index in [-0.39, 0.29) is 0 Å². The van der Waals surface area contributed by atoms with Crippen molar-refractivity contribution in [1.29, 1.82) is 0 Å². The first-order valence-corrected chi connectivity index (χ1v) is 9.41. The van der Waals surface area contributed by atoms with Gasteiger partial charge in [-0.25, -0.2) is 0 Å². The second kappa shape index (κ2) is 11.2. The van der Waals surface area contributed by atoms with Crippen molar-refractivity contribution in [1.82, 2.24) is 10.6 Å². The molecule has 0 fully saturated rings. The minimum Gasteiger partial charge on any atom is -0.493 e. The van der Waals surface area contributed by atoms with Crippen molar-refractivity contribution in [2.45, 2.75) is 26.7 Å². The van der Waals surface area contributed by atoms with E-state index in [0.29, 0.717) is 5.92 Å². The average Bonchev–Trinajstić information content (AvgIpc) is 3.19. The zero-order chi connectivity index (χ0) is 19.5. The zero-order valence-electron chi connectivity index (χ0n) is 16.7. The summed E-state index contributed by atoms with van der Waals surface area (Å²) in [6.45, 7) is 6.62. The van der Waals surface area contributed by atoms with Crippen LogP contribution in [0.2, 0.25) is 0 Å². The highest BCUT2D eigenvalue weighted by Crippen LogP contribution is 2.28. The summed E-state index contributed by atoms with van der Waals surface area (Å²) in [6, 6.07) is 9.95. The van der Waals surface area contributed by atoms with Gasteiger partial charge in [-0.15, -0.1) is 0 Å². The van der Waals surface area contributed by atoms with Crippen molar-refractivity contribution in [3.63, 3.8) is 0 Å². The number of furan rings is 1. The van der Waals surface area contributed by atoms with Crippen LogP contribution in [0.25, 0.3) is 0 Å². The molecule has 1 atom stereocenters. The average molecular weight is 373 g/mol. The van der Waals surface area contributed by atoms with E-state index in [4.69, 9.17) is 18.9 Å². The van der Waals surface area contributed by atoms with E-state index >= 15 is 0 Å². The monoisotopic (exact) mass is 373 g/mol. The molecule has 1 heterocycles. The Kier molecular flexibility index (Phi) is 8.55. The van der Waals surface area contributed by atoms with Crippen LogP contribution in [0.3, 0.4) is 0 Å². The van der Waals surface area contributed by atoms with E-state index in [1.54, 1.807) is 20.5 Å².